The van der Waals surface area contributed by atoms with Crippen molar-refractivity contribution in [3.05, 3.63) is 73.3 Å². The van der Waals surface area contributed by atoms with Gasteiger partial charge in [0.25, 0.3) is 0 Å². The lowest BCUT2D eigenvalue weighted by atomic mass is 9.96. The van der Waals surface area contributed by atoms with Crippen molar-refractivity contribution in [2.45, 2.75) is 202 Å². The maximum atomic E-state index is 15.0. The molecule has 0 aliphatic carbocycles. The smallest absolute Gasteiger partial charge is 0.462 e. The van der Waals surface area contributed by atoms with Crippen molar-refractivity contribution in [3.63, 3.8) is 0 Å². The van der Waals surface area contributed by atoms with Crippen molar-refractivity contribution in [3.8, 4) is 11.5 Å². The fraction of sp³-hybridized carbons (Fsp3) is 0.679. The third-order valence-corrected chi connectivity index (χ3v) is 13.5. The number of phosphoric acid groups is 1. The summed E-state index contributed by atoms with van der Waals surface area (Å²) >= 11 is 17.7. The fourth-order valence-corrected chi connectivity index (χ4v) is 9.73. The SMILES string of the molecule is C=CCO[C@H]1O[C@H](COC)[C@@H](OP(=O)(Oc2ccccc2)Oc2ccccc2)[C@H](OC(=O)C[C@@H](CCCCCCCCCCC)OC(=O)CCCCCCCCCCCCC)[C@H]1NC(=O)OCC(Cl)(Cl)Cl. The lowest BCUT2D eigenvalue weighted by molar-refractivity contribution is -0.268. The van der Waals surface area contributed by atoms with E-state index in [2.05, 4.69) is 25.7 Å². The van der Waals surface area contributed by atoms with Gasteiger partial charge in [-0.1, -0.05) is 207 Å². The van der Waals surface area contributed by atoms with Crippen LogP contribution in [0.25, 0.3) is 0 Å². The fourth-order valence-electron chi connectivity index (χ4n) is 8.13. The second-order valence-corrected chi connectivity index (χ2v) is 22.0. The maximum Gasteiger partial charge on any atom is 0.588 e. The van der Waals surface area contributed by atoms with E-state index in [1.165, 1.54) is 83.8 Å². The van der Waals surface area contributed by atoms with E-state index in [4.69, 9.17) is 76.8 Å². The van der Waals surface area contributed by atoms with Crippen LogP contribution in [0.15, 0.2) is 73.3 Å². The third-order valence-electron chi connectivity index (χ3n) is 11.8. The molecule has 2 aromatic rings. The van der Waals surface area contributed by atoms with E-state index in [0.29, 0.717) is 19.3 Å². The van der Waals surface area contributed by atoms with Crippen molar-refractivity contribution in [2.75, 3.05) is 26.9 Å². The van der Waals surface area contributed by atoms with Crippen molar-refractivity contribution in [1.29, 1.82) is 0 Å². The van der Waals surface area contributed by atoms with E-state index in [0.717, 1.165) is 44.9 Å². The molecule has 1 heterocycles. The summed E-state index contributed by atoms with van der Waals surface area (Å²) in [4.78, 5) is 41.3. The molecular weight excluding hydrogens is 996 g/mol. The first-order valence-corrected chi connectivity index (χ1v) is 28.4. The predicted octanol–water partition coefficient (Wildman–Crippen LogP) is 14.5. The van der Waals surface area contributed by atoms with Crippen molar-refractivity contribution in [1.82, 2.24) is 5.32 Å². The lowest BCUT2D eigenvalue weighted by Crippen LogP contribution is -2.66. The van der Waals surface area contributed by atoms with Crippen molar-refractivity contribution < 1.29 is 60.9 Å². The highest BCUT2D eigenvalue weighted by Gasteiger charge is 2.54. The van der Waals surface area contributed by atoms with E-state index in [1.807, 2.05) is 0 Å². The van der Waals surface area contributed by atoms with Gasteiger partial charge in [0, 0.05) is 13.5 Å². The summed E-state index contributed by atoms with van der Waals surface area (Å²) in [7, 11) is -3.36. The number of para-hydroxylation sites is 2. The predicted molar refractivity (Wildman–Crippen MR) is 279 cm³/mol. The van der Waals surface area contributed by atoms with Crippen LogP contribution in [0.1, 0.15) is 162 Å². The van der Waals surface area contributed by atoms with Crippen LogP contribution >= 0.6 is 42.6 Å². The Morgan fingerprint density at radius 1 is 0.732 bits per heavy atom. The summed E-state index contributed by atoms with van der Waals surface area (Å²) in [5.74, 6) is -0.955. The molecule has 1 amide bonds. The highest BCUT2D eigenvalue weighted by atomic mass is 35.6. The van der Waals surface area contributed by atoms with Gasteiger partial charge >= 0.3 is 25.9 Å². The zero-order valence-electron chi connectivity index (χ0n) is 42.3. The van der Waals surface area contributed by atoms with Gasteiger partial charge in [-0.05, 0) is 43.5 Å². The number of alkyl halides is 3. The molecule has 1 saturated heterocycles. The van der Waals surface area contributed by atoms with Crippen LogP contribution in [0.5, 0.6) is 11.5 Å². The first-order chi connectivity index (χ1) is 34.3. The third kappa shape index (κ3) is 27.7. The average Bonchev–Trinajstić information content (AvgIpc) is 3.33. The van der Waals surface area contributed by atoms with Crippen LogP contribution in [0, 0.1) is 0 Å². The molecule has 1 aliphatic rings. The Hall–Kier alpha value is -3.07. The lowest BCUT2D eigenvalue weighted by Gasteiger charge is -2.45. The number of carbonyl (C=O) groups is 3. The van der Waals surface area contributed by atoms with Crippen molar-refractivity contribution >= 4 is 60.7 Å². The monoisotopic (exact) mass is 1080 g/mol. The highest BCUT2D eigenvalue weighted by molar-refractivity contribution is 7.49. The summed E-state index contributed by atoms with van der Waals surface area (Å²) in [6.07, 6.45) is 16.4. The Kier molecular flexibility index (Phi) is 32.2. The standard InChI is InChI=1S/C53H81Cl3NO13P/c1-5-8-10-12-14-16-17-19-21-23-31-37-46(58)65-44(36-26-22-20-18-15-13-11-9-6-2)39-47(59)67-50-48(57-52(60)64-41-53(54,55)56)51(63-38-7-3)66-45(40-62-4)49(50)70-71(61,68-42-32-27-24-28-33-42)69-43-34-29-25-30-35-43/h7,24-25,27-30,32-35,44-45,48-51H,3,5-6,8-23,26,31,36-41H2,1-2,4H3,(H,57,60)/t44-,45-,48-,49-,50-,51+/m1/s1. The number of esters is 2. The molecule has 1 aliphatic heterocycles. The number of benzene rings is 2. The summed E-state index contributed by atoms with van der Waals surface area (Å²) in [6.45, 7) is 7.21. The molecule has 0 bridgehead atoms. The minimum absolute atomic E-state index is 0.0828. The van der Waals surface area contributed by atoms with Crippen LogP contribution in [-0.4, -0.2) is 85.5 Å². The topological polar surface area (TPSA) is 163 Å². The summed E-state index contributed by atoms with van der Waals surface area (Å²) in [5.41, 5.74) is 0. The number of unbranched alkanes of at least 4 members (excludes halogenated alkanes) is 18. The van der Waals surface area contributed by atoms with E-state index >= 15 is 4.57 Å². The van der Waals surface area contributed by atoms with Gasteiger partial charge in [0.1, 0.15) is 42.5 Å². The van der Waals surface area contributed by atoms with Crippen LogP contribution in [0.4, 0.5) is 4.79 Å². The Morgan fingerprint density at radius 3 is 1.73 bits per heavy atom. The number of alkyl carbamates (subject to hydrolysis) is 1. The maximum absolute atomic E-state index is 15.0. The molecule has 3 rings (SSSR count). The molecule has 0 aromatic heterocycles. The number of halogens is 3. The van der Waals surface area contributed by atoms with Crippen LogP contribution in [0.2, 0.25) is 0 Å². The molecule has 1 fully saturated rings. The van der Waals surface area contributed by atoms with Gasteiger partial charge < -0.3 is 42.8 Å². The van der Waals surface area contributed by atoms with Gasteiger partial charge in [0.05, 0.1) is 19.6 Å². The first kappa shape index (κ1) is 62.2. The normalized spacial score (nSPS) is 18.5. The Morgan fingerprint density at radius 2 is 1.24 bits per heavy atom. The molecular formula is C53H81Cl3NO13P. The molecule has 0 radical (unpaired) electrons. The van der Waals surface area contributed by atoms with Gasteiger partial charge in [0.2, 0.25) is 3.79 Å². The van der Waals surface area contributed by atoms with Crippen molar-refractivity contribution in [2.24, 2.45) is 0 Å². The van der Waals surface area contributed by atoms with Gasteiger partial charge in [-0.25, -0.2) is 9.36 Å². The van der Waals surface area contributed by atoms with Crippen LogP contribution < -0.4 is 14.4 Å². The van der Waals surface area contributed by atoms with Gasteiger partial charge in [-0.15, -0.1) is 6.58 Å². The van der Waals surface area contributed by atoms with E-state index < -0.39 is 73.0 Å². The van der Waals surface area contributed by atoms with Crippen LogP contribution in [0.3, 0.4) is 0 Å². The number of hydrogen-bond donors (Lipinski definition) is 1. The molecule has 0 spiro atoms. The van der Waals surface area contributed by atoms with E-state index in [1.54, 1.807) is 60.7 Å². The minimum Gasteiger partial charge on any atom is -0.462 e. The molecule has 0 unspecified atom stereocenters. The highest BCUT2D eigenvalue weighted by Crippen LogP contribution is 2.52. The summed E-state index contributed by atoms with van der Waals surface area (Å²) < 4.78 is 66.8. The Bertz CT molecular complexity index is 1750. The molecule has 71 heavy (non-hydrogen) atoms. The molecule has 402 valence electrons. The number of nitrogens with one attached hydrogen (secondary N) is 1. The zero-order valence-corrected chi connectivity index (χ0v) is 45.5. The zero-order chi connectivity index (χ0) is 51.6. The second kappa shape index (κ2) is 36.8. The van der Waals surface area contributed by atoms with Gasteiger partial charge in [-0.3, -0.25) is 14.1 Å². The number of ether oxygens (including phenoxy) is 6. The number of phosphoric ester groups is 1. The summed E-state index contributed by atoms with van der Waals surface area (Å²) in [6, 6.07) is 15.0. The molecule has 14 nitrogen and oxygen atoms in total. The number of carbonyl (C=O) groups excluding carboxylic acids is 3. The largest absolute Gasteiger partial charge is 0.588 e. The first-order valence-electron chi connectivity index (χ1n) is 25.8. The van der Waals surface area contributed by atoms with E-state index in [9.17, 15) is 14.4 Å². The minimum atomic E-state index is -4.77. The average molecular weight is 1080 g/mol. The van der Waals surface area contributed by atoms with Gasteiger partial charge in [0.15, 0.2) is 12.4 Å². The van der Waals surface area contributed by atoms with E-state index in [-0.39, 0.29) is 37.6 Å². The van der Waals surface area contributed by atoms with Crippen LogP contribution in [-0.2, 0) is 47.1 Å². The molecule has 1 N–H and O–H groups in total. The molecule has 6 atom stereocenters. The second-order valence-electron chi connectivity index (χ2n) is 18.0. The number of amides is 1. The molecule has 18 heteroatoms. The number of methoxy groups -OCH3 is 1. The molecule has 0 saturated carbocycles. The number of rotatable bonds is 39. The van der Waals surface area contributed by atoms with Gasteiger partial charge in [-0.2, -0.15) is 0 Å². The Balaban J connectivity index is 1.92. The quantitative estimate of drug-likeness (QED) is 0.0168. The summed E-state index contributed by atoms with van der Waals surface area (Å²) in [5, 5.41) is 2.62. The Labute approximate surface area is 438 Å². The number of hydrogen-bond acceptors (Lipinski definition) is 13. The molecule has 2 aromatic carbocycles.